The molecule has 0 bridgehead atoms. The Morgan fingerprint density at radius 1 is 1.39 bits per heavy atom. The monoisotopic (exact) mass is 266 g/mol. The Hall–Kier alpha value is -2.01. The van der Waals surface area contributed by atoms with E-state index >= 15 is 0 Å². The summed E-state index contributed by atoms with van der Waals surface area (Å²) < 4.78 is 9.64. The van der Waals surface area contributed by atoms with E-state index in [1.54, 1.807) is 31.4 Å². The lowest BCUT2D eigenvalue weighted by atomic mass is 10.1. The summed E-state index contributed by atoms with van der Waals surface area (Å²) in [6, 6.07) is 8.50. The van der Waals surface area contributed by atoms with Gasteiger partial charge in [-0.05, 0) is 17.7 Å². The van der Waals surface area contributed by atoms with E-state index in [0.29, 0.717) is 17.1 Å². The lowest BCUT2D eigenvalue weighted by Gasteiger charge is -2.09. The van der Waals surface area contributed by atoms with Crippen molar-refractivity contribution in [2.75, 3.05) is 12.4 Å². The number of anilines is 1. The number of hydrogen-bond acceptors (Lipinski definition) is 4. The Labute approximate surface area is 109 Å². The summed E-state index contributed by atoms with van der Waals surface area (Å²) >= 11 is 6.06. The van der Waals surface area contributed by atoms with E-state index in [4.69, 9.17) is 16.3 Å². The van der Waals surface area contributed by atoms with Crippen molar-refractivity contribution in [3.8, 4) is 5.75 Å². The first-order valence-corrected chi connectivity index (χ1v) is 5.63. The maximum Gasteiger partial charge on any atom is 0.248 e. The number of methoxy groups -OCH3 is 1. The number of rotatable bonds is 4. The number of nitrogens with one attached hydrogen (secondary N) is 1. The molecule has 0 aliphatic heterocycles. The largest absolute Gasteiger partial charge is 0.497 e. The highest BCUT2D eigenvalue weighted by Gasteiger charge is 2.18. The molecular formula is C12H11ClN2O3. The first kappa shape index (κ1) is 12.4. The predicted octanol–water partition coefficient (Wildman–Crippen LogP) is 2.60. The summed E-state index contributed by atoms with van der Waals surface area (Å²) in [6.07, 6.45) is 1.37. The highest BCUT2D eigenvalue weighted by molar-refractivity contribution is 6.32. The van der Waals surface area contributed by atoms with Gasteiger partial charge in [0.1, 0.15) is 17.4 Å². The van der Waals surface area contributed by atoms with Crippen molar-refractivity contribution < 1.29 is 14.1 Å². The summed E-state index contributed by atoms with van der Waals surface area (Å²) in [6.45, 7) is 0. The first-order chi connectivity index (χ1) is 8.70. The van der Waals surface area contributed by atoms with Crippen molar-refractivity contribution >= 4 is 23.3 Å². The minimum Gasteiger partial charge on any atom is -0.497 e. The minimum atomic E-state index is -0.799. The molecule has 18 heavy (non-hydrogen) atoms. The molecule has 0 saturated carbocycles. The summed E-state index contributed by atoms with van der Waals surface area (Å²) in [5.41, 5.74) is 0.679. The Balaban J connectivity index is 2.05. The van der Waals surface area contributed by atoms with Crippen molar-refractivity contribution in [3.63, 3.8) is 0 Å². The molecule has 2 rings (SSSR count). The number of halogens is 1. The second kappa shape index (κ2) is 5.55. The van der Waals surface area contributed by atoms with Crippen molar-refractivity contribution in [2.45, 2.75) is 5.38 Å². The SMILES string of the molecule is COc1ccc(C(Cl)C(=O)Nc2ccon2)cc1. The molecule has 6 heteroatoms. The molecule has 0 radical (unpaired) electrons. The molecule has 0 aliphatic carbocycles. The van der Waals surface area contributed by atoms with Gasteiger partial charge in [-0.15, -0.1) is 11.6 Å². The predicted molar refractivity (Wildman–Crippen MR) is 66.7 cm³/mol. The number of carbonyl (C=O) groups excluding carboxylic acids is 1. The Morgan fingerprint density at radius 3 is 2.67 bits per heavy atom. The summed E-state index contributed by atoms with van der Waals surface area (Å²) in [7, 11) is 1.57. The number of amides is 1. The number of hydrogen-bond donors (Lipinski definition) is 1. The number of benzene rings is 1. The van der Waals surface area contributed by atoms with Crippen LogP contribution in [0.2, 0.25) is 0 Å². The van der Waals surface area contributed by atoms with Gasteiger partial charge in [-0.25, -0.2) is 0 Å². The minimum absolute atomic E-state index is 0.333. The zero-order chi connectivity index (χ0) is 13.0. The van der Waals surface area contributed by atoms with Crippen LogP contribution in [-0.4, -0.2) is 18.2 Å². The van der Waals surface area contributed by atoms with Crippen LogP contribution in [0.15, 0.2) is 41.1 Å². The summed E-state index contributed by atoms with van der Waals surface area (Å²) in [5, 5.41) is 5.32. The zero-order valence-electron chi connectivity index (χ0n) is 9.59. The van der Waals surface area contributed by atoms with E-state index in [0.717, 1.165) is 0 Å². The van der Waals surface area contributed by atoms with Crippen molar-refractivity contribution in [2.24, 2.45) is 0 Å². The van der Waals surface area contributed by atoms with Crippen LogP contribution < -0.4 is 10.1 Å². The third-order valence-electron chi connectivity index (χ3n) is 2.33. The van der Waals surface area contributed by atoms with Crippen LogP contribution in [-0.2, 0) is 4.79 Å². The Bertz CT molecular complexity index is 511. The summed E-state index contributed by atoms with van der Waals surface area (Å²) in [5.74, 6) is 0.675. The lowest BCUT2D eigenvalue weighted by Crippen LogP contribution is -2.17. The van der Waals surface area contributed by atoms with Gasteiger partial charge in [0.05, 0.1) is 7.11 Å². The van der Waals surface area contributed by atoms with Crippen molar-refractivity contribution in [3.05, 3.63) is 42.2 Å². The molecule has 1 N–H and O–H groups in total. The second-order valence-corrected chi connectivity index (χ2v) is 3.95. The van der Waals surface area contributed by atoms with Crippen LogP contribution >= 0.6 is 11.6 Å². The van der Waals surface area contributed by atoms with Crippen LogP contribution in [0.1, 0.15) is 10.9 Å². The molecule has 1 amide bonds. The number of aromatic nitrogens is 1. The van der Waals surface area contributed by atoms with Gasteiger partial charge in [0.2, 0.25) is 5.91 Å². The van der Waals surface area contributed by atoms with Gasteiger partial charge in [0, 0.05) is 6.07 Å². The lowest BCUT2D eigenvalue weighted by molar-refractivity contribution is -0.116. The normalized spacial score (nSPS) is 11.9. The van der Waals surface area contributed by atoms with Crippen molar-refractivity contribution in [1.29, 1.82) is 0 Å². The quantitative estimate of drug-likeness (QED) is 0.864. The fourth-order valence-corrected chi connectivity index (χ4v) is 1.59. The topological polar surface area (TPSA) is 64.4 Å². The van der Waals surface area contributed by atoms with Crippen LogP contribution in [0.3, 0.4) is 0 Å². The van der Waals surface area contributed by atoms with E-state index < -0.39 is 5.38 Å². The molecule has 1 aromatic carbocycles. The molecule has 1 heterocycles. The molecule has 1 aromatic heterocycles. The van der Waals surface area contributed by atoms with E-state index in [2.05, 4.69) is 15.0 Å². The highest BCUT2D eigenvalue weighted by Crippen LogP contribution is 2.24. The molecule has 5 nitrogen and oxygen atoms in total. The van der Waals surface area contributed by atoms with E-state index in [9.17, 15) is 4.79 Å². The average molecular weight is 267 g/mol. The Morgan fingerprint density at radius 2 is 2.11 bits per heavy atom. The van der Waals surface area contributed by atoms with E-state index in [-0.39, 0.29) is 5.91 Å². The third kappa shape index (κ3) is 2.81. The molecule has 94 valence electrons. The summed E-state index contributed by atoms with van der Waals surface area (Å²) in [4.78, 5) is 11.8. The van der Waals surface area contributed by atoms with Gasteiger partial charge in [0.15, 0.2) is 5.82 Å². The zero-order valence-corrected chi connectivity index (χ0v) is 10.3. The van der Waals surface area contributed by atoms with Crippen LogP contribution in [0.4, 0.5) is 5.82 Å². The maximum absolute atomic E-state index is 11.8. The fraction of sp³-hybridized carbons (Fsp3) is 0.167. The van der Waals surface area contributed by atoms with Crippen molar-refractivity contribution in [1.82, 2.24) is 5.16 Å². The third-order valence-corrected chi connectivity index (χ3v) is 2.78. The number of nitrogens with zero attached hydrogens (tertiary/aromatic N) is 1. The van der Waals surface area contributed by atoms with Gasteiger partial charge < -0.3 is 14.6 Å². The highest BCUT2D eigenvalue weighted by atomic mass is 35.5. The fourth-order valence-electron chi connectivity index (χ4n) is 1.39. The van der Waals surface area contributed by atoms with Crippen LogP contribution in [0.25, 0.3) is 0 Å². The van der Waals surface area contributed by atoms with E-state index in [1.807, 2.05) is 0 Å². The number of carbonyl (C=O) groups is 1. The number of ether oxygens (including phenoxy) is 1. The molecule has 0 aliphatic rings. The first-order valence-electron chi connectivity index (χ1n) is 5.20. The Kier molecular flexibility index (Phi) is 3.84. The van der Waals surface area contributed by atoms with Gasteiger partial charge in [0.25, 0.3) is 0 Å². The molecule has 0 spiro atoms. The smallest absolute Gasteiger partial charge is 0.248 e. The second-order valence-electron chi connectivity index (χ2n) is 3.51. The van der Waals surface area contributed by atoms with Gasteiger partial charge in [-0.2, -0.15) is 0 Å². The standard InChI is InChI=1S/C12H11ClN2O3/c1-17-9-4-2-8(3-5-9)11(13)12(16)14-10-6-7-18-15-10/h2-7,11H,1H3,(H,14,15,16). The molecule has 1 atom stereocenters. The van der Waals surface area contributed by atoms with E-state index in [1.165, 1.54) is 12.3 Å². The van der Waals surface area contributed by atoms with Gasteiger partial charge in [-0.1, -0.05) is 17.3 Å². The number of alkyl halides is 1. The molecule has 0 saturated heterocycles. The van der Waals surface area contributed by atoms with Crippen LogP contribution in [0, 0.1) is 0 Å². The average Bonchev–Trinajstić information content (AvgIpc) is 2.91. The molecular weight excluding hydrogens is 256 g/mol. The maximum atomic E-state index is 11.8. The molecule has 2 aromatic rings. The molecule has 0 fully saturated rings. The van der Waals surface area contributed by atoms with Gasteiger partial charge in [-0.3, -0.25) is 4.79 Å². The molecule has 1 unspecified atom stereocenters. The van der Waals surface area contributed by atoms with Gasteiger partial charge >= 0.3 is 0 Å². The van der Waals surface area contributed by atoms with Crippen LogP contribution in [0.5, 0.6) is 5.75 Å².